The van der Waals surface area contributed by atoms with Crippen molar-refractivity contribution in [1.82, 2.24) is 15.3 Å². The van der Waals surface area contributed by atoms with E-state index in [1.807, 2.05) is 19.9 Å². The van der Waals surface area contributed by atoms with Gasteiger partial charge in [0.15, 0.2) is 0 Å². The Morgan fingerprint density at radius 1 is 1.12 bits per heavy atom. The van der Waals surface area contributed by atoms with Crippen molar-refractivity contribution in [3.63, 3.8) is 0 Å². The number of nitrogens with zero attached hydrogens (tertiary/aromatic N) is 2. The van der Waals surface area contributed by atoms with Crippen LogP contribution in [0.3, 0.4) is 0 Å². The molecule has 4 aromatic rings. The van der Waals surface area contributed by atoms with E-state index >= 15 is 4.39 Å². The molecule has 6 rings (SSSR count). The average Bonchev–Trinajstić information content (AvgIpc) is 3.72. The number of halogens is 4. The van der Waals surface area contributed by atoms with Crippen molar-refractivity contribution in [2.24, 2.45) is 5.92 Å². The van der Waals surface area contributed by atoms with Gasteiger partial charge in [-0.15, -0.1) is 0 Å². The number of aryl methyl sites for hydroxylation is 1. The first-order valence-electron chi connectivity index (χ1n) is 12.9. The number of carbonyl (C=O) groups excluding carboxylic acids is 1. The minimum atomic E-state index is -1.55. The highest BCUT2D eigenvalue weighted by molar-refractivity contribution is 6.35. The van der Waals surface area contributed by atoms with Crippen LogP contribution < -0.4 is 10.1 Å². The summed E-state index contributed by atoms with van der Waals surface area (Å²) in [5, 5.41) is 15.6. The Kier molecular flexibility index (Phi) is 6.68. The molecule has 1 saturated carbocycles. The third-order valence-corrected chi connectivity index (χ3v) is 8.20. The molecular formula is C30H25Cl2F2N3O3. The summed E-state index contributed by atoms with van der Waals surface area (Å²) in [5.41, 5.74) is 1.24. The lowest BCUT2D eigenvalue weighted by Crippen LogP contribution is -2.43. The molecule has 0 radical (unpaired) electrons. The molecule has 2 atom stereocenters. The number of nitrogens with one attached hydrogen (secondary N) is 1. The van der Waals surface area contributed by atoms with Gasteiger partial charge in [-0.05, 0) is 67.6 Å². The quantitative estimate of drug-likeness (QED) is 0.246. The summed E-state index contributed by atoms with van der Waals surface area (Å²) in [6, 6.07) is 8.75. The summed E-state index contributed by atoms with van der Waals surface area (Å²) in [4.78, 5) is 22.2. The number of hydrogen-bond acceptors (Lipinski definition) is 5. The topological polar surface area (TPSA) is 84.3 Å². The van der Waals surface area contributed by atoms with Crippen LogP contribution in [0, 0.1) is 24.5 Å². The first kappa shape index (κ1) is 26.9. The summed E-state index contributed by atoms with van der Waals surface area (Å²) < 4.78 is 35.2. The van der Waals surface area contributed by atoms with Crippen molar-refractivity contribution < 1.29 is 23.4 Å². The molecule has 2 aromatic heterocycles. The smallest absolute Gasteiger partial charge is 0.251 e. The Labute approximate surface area is 239 Å². The fourth-order valence-corrected chi connectivity index (χ4v) is 5.67. The lowest BCUT2D eigenvalue weighted by atomic mass is 9.89. The zero-order valence-electron chi connectivity index (χ0n) is 21.7. The van der Waals surface area contributed by atoms with Crippen LogP contribution >= 0.6 is 23.2 Å². The molecule has 1 fully saturated rings. The highest BCUT2D eigenvalue weighted by Crippen LogP contribution is 2.49. The Hall–Kier alpha value is -3.33. The minimum absolute atomic E-state index is 0.0643. The van der Waals surface area contributed by atoms with E-state index < -0.39 is 23.1 Å². The van der Waals surface area contributed by atoms with Gasteiger partial charge in [0.1, 0.15) is 28.7 Å². The molecule has 6 nitrogen and oxygen atoms in total. The van der Waals surface area contributed by atoms with E-state index in [0.717, 1.165) is 41.5 Å². The van der Waals surface area contributed by atoms with Gasteiger partial charge in [-0.1, -0.05) is 30.1 Å². The second-order valence-corrected chi connectivity index (χ2v) is 11.5. The monoisotopic (exact) mass is 583 g/mol. The first-order chi connectivity index (χ1) is 19.0. The van der Waals surface area contributed by atoms with Crippen molar-refractivity contribution >= 4 is 40.0 Å². The zero-order chi connectivity index (χ0) is 28.3. The molecule has 1 aliphatic heterocycles. The summed E-state index contributed by atoms with van der Waals surface area (Å²) in [7, 11) is 0. The van der Waals surface area contributed by atoms with E-state index in [1.54, 1.807) is 24.4 Å². The molecule has 2 N–H and O–H groups in total. The third-order valence-electron chi connectivity index (χ3n) is 7.63. The van der Waals surface area contributed by atoms with Crippen molar-refractivity contribution in [2.45, 2.75) is 38.2 Å². The van der Waals surface area contributed by atoms with Crippen molar-refractivity contribution in [3.8, 4) is 17.0 Å². The largest absolute Gasteiger partial charge is 0.490 e. The number of fused-ring (bicyclic) bond motifs is 2. The number of benzene rings is 2. The Bertz CT molecular complexity index is 1700. The molecule has 1 amide bonds. The van der Waals surface area contributed by atoms with Gasteiger partial charge in [0, 0.05) is 34.2 Å². The lowest BCUT2D eigenvalue weighted by molar-refractivity contribution is 0.00950. The van der Waals surface area contributed by atoms with Crippen LogP contribution in [0.4, 0.5) is 8.78 Å². The van der Waals surface area contributed by atoms with Gasteiger partial charge in [0.05, 0.1) is 34.4 Å². The van der Waals surface area contributed by atoms with E-state index in [2.05, 4.69) is 15.3 Å². The second-order valence-electron chi connectivity index (χ2n) is 10.7. The van der Waals surface area contributed by atoms with Gasteiger partial charge in [-0.2, -0.15) is 0 Å². The summed E-state index contributed by atoms with van der Waals surface area (Å²) in [6.07, 6.45) is 3.16. The number of pyridine rings is 2. The van der Waals surface area contributed by atoms with Crippen LogP contribution in [0.25, 0.3) is 22.2 Å². The Balaban J connectivity index is 1.37. The fraction of sp³-hybridized carbons (Fsp3) is 0.300. The molecule has 40 heavy (non-hydrogen) atoms. The van der Waals surface area contributed by atoms with Crippen LogP contribution in [0.5, 0.6) is 5.75 Å². The van der Waals surface area contributed by atoms with Gasteiger partial charge in [-0.3, -0.25) is 9.78 Å². The maximum Gasteiger partial charge on any atom is 0.251 e. The normalized spacial score (nSPS) is 17.8. The molecular weight excluding hydrogens is 559 g/mol. The van der Waals surface area contributed by atoms with Gasteiger partial charge in [-0.25, -0.2) is 13.8 Å². The van der Waals surface area contributed by atoms with Crippen molar-refractivity contribution in [2.75, 3.05) is 13.2 Å². The third kappa shape index (κ3) is 4.68. The van der Waals surface area contributed by atoms with E-state index in [-0.39, 0.29) is 40.4 Å². The molecule has 0 bridgehead atoms. The molecule has 0 saturated heterocycles. The van der Waals surface area contributed by atoms with Gasteiger partial charge >= 0.3 is 0 Å². The summed E-state index contributed by atoms with van der Waals surface area (Å²) >= 11 is 12.2. The summed E-state index contributed by atoms with van der Waals surface area (Å²) in [6.45, 7) is 4.03. The maximum atomic E-state index is 15.0. The summed E-state index contributed by atoms with van der Waals surface area (Å²) in [5.74, 6) is -1.88. The van der Waals surface area contributed by atoms with Crippen LogP contribution in [0.2, 0.25) is 10.0 Å². The molecule has 0 spiro atoms. The second kappa shape index (κ2) is 9.94. The van der Waals surface area contributed by atoms with E-state index in [9.17, 15) is 14.3 Å². The highest BCUT2D eigenvalue weighted by atomic mass is 35.5. The molecule has 10 heteroatoms. The Morgan fingerprint density at radius 2 is 1.90 bits per heavy atom. The molecule has 2 aliphatic rings. The fourth-order valence-electron chi connectivity index (χ4n) is 5.25. The average molecular weight is 584 g/mol. The molecule has 1 aliphatic carbocycles. The van der Waals surface area contributed by atoms with Gasteiger partial charge in [0.2, 0.25) is 0 Å². The number of carbonyl (C=O) groups is 1. The number of amides is 1. The zero-order valence-corrected chi connectivity index (χ0v) is 23.2. The van der Waals surface area contributed by atoms with E-state index in [0.29, 0.717) is 28.5 Å². The molecule has 3 heterocycles. The minimum Gasteiger partial charge on any atom is -0.490 e. The SMILES string of the molecule is Cc1cnc2c(Cl)cc(C(=O)NC[C@](O)(c3cc4c(c(-c5cc(F)c(Cl)cc5F)n3)OC[C@H]4C)C3CC3)cc2c1. The number of ether oxygens (including phenoxy) is 1. The van der Waals surface area contributed by atoms with E-state index in [1.165, 1.54) is 0 Å². The van der Waals surface area contributed by atoms with Crippen LogP contribution in [0.15, 0.2) is 42.6 Å². The number of hydrogen-bond donors (Lipinski definition) is 2. The van der Waals surface area contributed by atoms with E-state index in [4.69, 9.17) is 27.9 Å². The standard InChI is InChI=1S/C30H25Cl2F2N3O3/c1-14-5-16-6-17(7-22(32)26(16)35-11-14)29(38)36-13-30(39,18-3-4-18)25-9-19-15(2)12-40-28(19)27(37-25)20-8-24(34)21(31)10-23(20)33/h5-11,15,18,39H,3-4,12-13H2,1-2H3,(H,36,38)/t15-,30-/m1/s1. The van der Waals surface area contributed by atoms with Gasteiger partial charge < -0.3 is 15.2 Å². The molecule has 206 valence electrons. The number of aromatic nitrogens is 2. The Morgan fingerprint density at radius 3 is 2.65 bits per heavy atom. The maximum absolute atomic E-state index is 15.0. The number of aliphatic hydroxyl groups is 1. The lowest BCUT2D eigenvalue weighted by Gasteiger charge is -2.29. The predicted molar refractivity (Wildman–Crippen MR) is 149 cm³/mol. The molecule has 2 aromatic carbocycles. The number of rotatable bonds is 6. The predicted octanol–water partition coefficient (Wildman–Crippen LogP) is 6.71. The van der Waals surface area contributed by atoms with Crippen LogP contribution in [-0.2, 0) is 5.60 Å². The van der Waals surface area contributed by atoms with Gasteiger partial charge in [0.25, 0.3) is 5.91 Å². The first-order valence-corrected chi connectivity index (χ1v) is 13.7. The van der Waals surface area contributed by atoms with Crippen LogP contribution in [-0.4, -0.2) is 34.1 Å². The van der Waals surface area contributed by atoms with Crippen LogP contribution in [0.1, 0.15) is 52.9 Å². The van der Waals surface area contributed by atoms with Crippen molar-refractivity contribution in [3.05, 3.63) is 86.7 Å². The highest BCUT2D eigenvalue weighted by Gasteiger charge is 2.47. The van der Waals surface area contributed by atoms with Crippen molar-refractivity contribution in [1.29, 1.82) is 0 Å². The molecule has 0 unspecified atom stereocenters.